The molecule has 98 valence electrons. The van der Waals surface area contributed by atoms with Gasteiger partial charge in [0.2, 0.25) is 0 Å². The molecule has 4 N–H and O–H groups in total. The van der Waals surface area contributed by atoms with Crippen molar-refractivity contribution in [1.29, 1.82) is 0 Å². The Morgan fingerprint density at radius 3 is 2.94 bits per heavy atom. The summed E-state index contributed by atoms with van der Waals surface area (Å²) in [6.07, 6.45) is 2.50. The van der Waals surface area contributed by atoms with Gasteiger partial charge >= 0.3 is 0 Å². The van der Waals surface area contributed by atoms with Gasteiger partial charge in [-0.1, -0.05) is 0 Å². The molecule has 0 radical (unpaired) electrons. The van der Waals surface area contributed by atoms with Gasteiger partial charge in [-0.15, -0.1) is 0 Å². The molecule has 0 unspecified atom stereocenters. The van der Waals surface area contributed by atoms with E-state index in [1.807, 2.05) is 0 Å². The van der Waals surface area contributed by atoms with Crippen LogP contribution in [0.15, 0.2) is 6.33 Å². The Morgan fingerprint density at radius 1 is 1.59 bits per heavy atom. The first kappa shape index (κ1) is 14.0. The van der Waals surface area contributed by atoms with Gasteiger partial charge in [0.1, 0.15) is 12.2 Å². The topological polar surface area (TPSA) is 117 Å². The Balaban J connectivity index is 2.33. The van der Waals surface area contributed by atoms with Crippen LogP contribution >= 0.6 is 0 Å². The van der Waals surface area contributed by atoms with Gasteiger partial charge < -0.3 is 5.73 Å². The van der Waals surface area contributed by atoms with Crippen molar-refractivity contribution in [3.63, 3.8) is 0 Å². The summed E-state index contributed by atoms with van der Waals surface area (Å²) in [4.78, 5) is 3.90. The first-order valence-electron chi connectivity index (χ1n) is 5.31. The number of nitrogens with one attached hydrogen (secondary N) is 2. The Morgan fingerprint density at radius 2 is 2.35 bits per heavy atom. The van der Waals surface area contributed by atoms with Crippen molar-refractivity contribution in [3.8, 4) is 0 Å². The second-order valence-electron chi connectivity index (χ2n) is 3.55. The summed E-state index contributed by atoms with van der Waals surface area (Å²) in [5.41, 5.74) is 5.32. The number of hydrogen-bond acceptors (Lipinski definition) is 5. The first-order chi connectivity index (χ1) is 8.06. The van der Waals surface area contributed by atoms with Crippen LogP contribution in [0.4, 0.5) is 0 Å². The molecule has 0 aliphatic carbocycles. The molecule has 9 heteroatoms. The summed E-state index contributed by atoms with van der Waals surface area (Å²) in [6.45, 7) is 1.16. The minimum absolute atomic E-state index is 0.282. The Kier molecular flexibility index (Phi) is 5.48. The van der Waals surface area contributed by atoms with Crippen LogP contribution in [0.25, 0.3) is 0 Å². The standard InChI is InChI=1S/C8H18N6O2S/c1-14(6-2-4-9)17(15,16)12-5-3-8-10-7-11-13-8/h7,12H,2-6,9H2,1H3,(H,10,11,13). The van der Waals surface area contributed by atoms with E-state index in [2.05, 4.69) is 19.9 Å². The van der Waals surface area contributed by atoms with E-state index in [0.29, 0.717) is 31.8 Å². The van der Waals surface area contributed by atoms with Crippen molar-refractivity contribution < 1.29 is 8.42 Å². The number of H-pyrrole nitrogens is 1. The molecule has 0 atom stereocenters. The maximum absolute atomic E-state index is 11.7. The normalized spacial score (nSPS) is 12.2. The first-order valence-corrected chi connectivity index (χ1v) is 6.75. The summed E-state index contributed by atoms with van der Waals surface area (Å²) >= 11 is 0. The van der Waals surface area contributed by atoms with E-state index in [-0.39, 0.29) is 6.54 Å². The molecule has 17 heavy (non-hydrogen) atoms. The van der Waals surface area contributed by atoms with Gasteiger partial charge in [0.05, 0.1) is 0 Å². The van der Waals surface area contributed by atoms with Crippen LogP contribution in [-0.4, -0.2) is 54.6 Å². The lowest BCUT2D eigenvalue weighted by Gasteiger charge is -2.16. The third-order valence-electron chi connectivity index (χ3n) is 2.20. The van der Waals surface area contributed by atoms with Crippen LogP contribution < -0.4 is 10.5 Å². The maximum atomic E-state index is 11.7. The van der Waals surface area contributed by atoms with E-state index in [1.165, 1.54) is 17.7 Å². The van der Waals surface area contributed by atoms with Crippen molar-refractivity contribution in [2.24, 2.45) is 5.73 Å². The number of aromatic amines is 1. The van der Waals surface area contributed by atoms with Crippen LogP contribution in [0.5, 0.6) is 0 Å². The van der Waals surface area contributed by atoms with E-state index < -0.39 is 10.2 Å². The smallest absolute Gasteiger partial charge is 0.279 e. The summed E-state index contributed by atoms with van der Waals surface area (Å²) < 4.78 is 27.1. The number of hydrogen-bond donors (Lipinski definition) is 3. The minimum Gasteiger partial charge on any atom is -0.330 e. The van der Waals surface area contributed by atoms with Crippen molar-refractivity contribution in [3.05, 3.63) is 12.2 Å². The van der Waals surface area contributed by atoms with E-state index in [1.54, 1.807) is 0 Å². The summed E-state index contributed by atoms with van der Waals surface area (Å²) in [7, 11) is -1.90. The molecule has 0 saturated carbocycles. The second kappa shape index (κ2) is 6.64. The number of rotatable bonds is 8. The van der Waals surface area contributed by atoms with Crippen LogP contribution in [0.1, 0.15) is 12.2 Å². The molecule has 1 aromatic heterocycles. The Hall–Kier alpha value is -1.03. The summed E-state index contributed by atoms with van der Waals surface area (Å²) in [5, 5.41) is 6.34. The van der Waals surface area contributed by atoms with Crippen LogP contribution in [0.3, 0.4) is 0 Å². The highest BCUT2D eigenvalue weighted by atomic mass is 32.2. The lowest BCUT2D eigenvalue weighted by molar-refractivity contribution is 0.453. The van der Waals surface area contributed by atoms with Gasteiger partial charge in [0.25, 0.3) is 10.2 Å². The van der Waals surface area contributed by atoms with E-state index in [4.69, 9.17) is 5.73 Å². The third kappa shape index (κ3) is 4.77. The van der Waals surface area contributed by atoms with Crippen LogP contribution in [0, 0.1) is 0 Å². The molecule has 1 rings (SSSR count). The zero-order chi connectivity index (χ0) is 12.7. The van der Waals surface area contributed by atoms with Gasteiger partial charge in [0.15, 0.2) is 0 Å². The van der Waals surface area contributed by atoms with Gasteiger partial charge in [-0.3, -0.25) is 5.10 Å². The lowest BCUT2D eigenvalue weighted by Crippen LogP contribution is -2.40. The van der Waals surface area contributed by atoms with E-state index >= 15 is 0 Å². The number of nitrogens with two attached hydrogens (primary N) is 1. The second-order valence-corrected chi connectivity index (χ2v) is 5.41. The monoisotopic (exact) mass is 262 g/mol. The molecule has 0 saturated heterocycles. The lowest BCUT2D eigenvalue weighted by atomic mass is 10.4. The molecule has 0 spiro atoms. The molecule has 1 heterocycles. The maximum Gasteiger partial charge on any atom is 0.279 e. The molecule has 0 bridgehead atoms. The van der Waals surface area contributed by atoms with Crippen molar-refractivity contribution in [1.82, 2.24) is 24.2 Å². The third-order valence-corrected chi connectivity index (χ3v) is 3.77. The SMILES string of the molecule is CN(CCCN)S(=O)(=O)NCCc1ncn[nH]1. The summed E-state index contributed by atoms with van der Waals surface area (Å²) in [6, 6.07) is 0. The molecular weight excluding hydrogens is 244 g/mol. The van der Waals surface area contributed by atoms with Crippen molar-refractivity contribution in [2.75, 3.05) is 26.7 Å². The average Bonchev–Trinajstić information content (AvgIpc) is 2.78. The van der Waals surface area contributed by atoms with Gasteiger partial charge in [-0.25, -0.2) is 9.71 Å². The predicted octanol–water partition coefficient (Wildman–Crippen LogP) is -1.54. The molecule has 0 aliphatic rings. The number of nitrogens with zero attached hydrogens (tertiary/aromatic N) is 3. The fourth-order valence-electron chi connectivity index (χ4n) is 1.19. The Labute approximate surface area is 101 Å². The zero-order valence-corrected chi connectivity index (χ0v) is 10.6. The highest BCUT2D eigenvalue weighted by Crippen LogP contribution is 1.95. The van der Waals surface area contributed by atoms with Crippen molar-refractivity contribution in [2.45, 2.75) is 12.8 Å². The fourth-order valence-corrected chi connectivity index (χ4v) is 2.14. The number of aromatic nitrogens is 3. The highest BCUT2D eigenvalue weighted by Gasteiger charge is 2.15. The summed E-state index contributed by atoms with van der Waals surface area (Å²) in [5.74, 6) is 0.650. The minimum atomic E-state index is -3.42. The molecule has 1 aromatic rings. The van der Waals surface area contributed by atoms with Gasteiger partial charge in [-0.2, -0.15) is 17.8 Å². The fraction of sp³-hybridized carbons (Fsp3) is 0.750. The Bertz CT molecular complexity index is 404. The highest BCUT2D eigenvalue weighted by molar-refractivity contribution is 7.87. The average molecular weight is 262 g/mol. The predicted molar refractivity (Wildman–Crippen MR) is 63.3 cm³/mol. The van der Waals surface area contributed by atoms with Gasteiger partial charge in [0, 0.05) is 26.6 Å². The molecule has 0 aromatic carbocycles. The van der Waals surface area contributed by atoms with Crippen molar-refractivity contribution >= 4 is 10.2 Å². The molecule has 0 aliphatic heterocycles. The molecule has 8 nitrogen and oxygen atoms in total. The van der Waals surface area contributed by atoms with Gasteiger partial charge in [-0.05, 0) is 13.0 Å². The molecule has 0 amide bonds. The largest absolute Gasteiger partial charge is 0.330 e. The van der Waals surface area contributed by atoms with E-state index in [9.17, 15) is 8.42 Å². The van der Waals surface area contributed by atoms with Crippen LogP contribution in [-0.2, 0) is 16.6 Å². The van der Waals surface area contributed by atoms with E-state index in [0.717, 1.165) is 0 Å². The molecule has 0 fully saturated rings. The molecular formula is C8H18N6O2S. The quantitative estimate of drug-likeness (QED) is 0.525. The zero-order valence-electron chi connectivity index (χ0n) is 9.76. The van der Waals surface area contributed by atoms with Crippen LogP contribution in [0.2, 0.25) is 0 Å².